The first-order valence-electron chi connectivity index (χ1n) is 8.06. The Morgan fingerprint density at radius 2 is 1.54 bits per heavy atom. The lowest BCUT2D eigenvalue weighted by molar-refractivity contribution is 0.631. The van der Waals surface area contributed by atoms with Gasteiger partial charge in [-0.25, -0.2) is 9.97 Å². The third-order valence-electron chi connectivity index (χ3n) is 4.16. The molecular weight excluding hydrogens is 300 g/mol. The molecule has 2 aromatic heterocycles. The average Bonchev–Trinajstić information content (AvgIpc) is 2.70. The van der Waals surface area contributed by atoms with Crippen molar-refractivity contribution in [2.45, 2.75) is 0 Å². The van der Waals surface area contributed by atoms with Gasteiger partial charge in [-0.15, -0.1) is 5.10 Å². The second kappa shape index (κ2) is 6.62. The average molecular weight is 318 g/mol. The zero-order valence-corrected chi connectivity index (χ0v) is 13.3. The first-order chi connectivity index (χ1) is 11.9. The Balaban J connectivity index is 1.48. The van der Waals surface area contributed by atoms with Crippen molar-refractivity contribution in [2.75, 3.05) is 36.0 Å². The van der Waals surface area contributed by atoms with Crippen molar-refractivity contribution >= 4 is 11.8 Å². The molecule has 0 saturated carbocycles. The van der Waals surface area contributed by atoms with E-state index < -0.39 is 0 Å². The summed E-state index contributed by atoms with van der Waals surface area (Å²) in [6, 6.07) is 16.1. The van der Waals surface area contributed by atoms with Crippen molar-refractivity contribution < 1.29 is 0 Å². The molecule has 1 aliphatic heterocycles. The minimum Gasteiger partial charge on any atom is -0.352 e. The predicted octanol–water partition coefficient (Wildman–Crippen LogP) is 2.26. The summed E-state index contributed by atoms with van der Waals surface area (Å²) in [6.07, 6.45) is 3.53. The first-order valence-corrected chi connectivity index (χ1v) is 8.06. The molecular formula is C18H18N6. The summed E-state index contributed by atoms with van der Waals surface area (Å²) < 4.78 is 0. The van der Waals surface area contributed by atoms with Crippen LogP contribution in [0.1, 0.15) is 0 Å². The van der Waals surface area contributed by atoms with E-state index in [2.05, 4.69) is 37.1 Å². The monoisotopic (exact) mass is 318 g/mol. The minimum atomic E-state index is 0.787. The molecule has 0 spiro atoms. The summed E-state index contributed by atoms with van der Waals surface area (Å²) in [5, 5.41) is 8.13. The highest BCUT2D eigenvalue weighted by molar-refractivity contribution is 5.60. The highest BCUT2D eigenvalue weighted by Gasteiger charge is 2.20. The maximum Gasteiger partial charge on any atom is 0.225 e. The van der Waals surface area contributed by atoms with Crippen molar-refractivity contribution in [3.63, 3.8) is 0 Å². The summed E-state index contributed by atoms with van der Waals surface area (Å²) in [5.41, 5.74) is 2.07. The van der Waals surface area contributed by atoms with Gasteiger partial charge in [0.05, 0.1) is 5.69 Å². The second-order valence-corrected chi connectivity index (χ2v) is 5.66. The van der Waals surface area contributed by atoms with Crippen molar-refractivity contribution in [2.24, 2.45) is 0 Å². The van der Waals surface area contributed by atoms with E-state index in [1.807, 2.05) is 42.6 Å². The molecule has 3 heterocycles. The molecule has 0 amide bonds. The number of benzene rings is 1. The van der Waals surface area contributed by atoms with E-state index in [0.717, 1.165) is 49.2 Å². The second-order valence-electron chi connectivity index (χ2n) is 5.66. The Kier molecular flexibility index (Phi) is 4.02. The Morgan fingerprint density at radius 3 is 2.29 bits per heavy atom. The maximum atomic E-state index is 4.73. The number of aromatic nitrogens is 4. The molecule has 1 aromatic carbocycles. The van der Waals surface area contributed by atoms with E-state index in [1.165, 1.54) is 0 Å². The van der Waals surface area contributed by atoms with Crippen LogP contribution in [0.5, 0.6) is 0 Å². The molecule has 0 N–H and O–H groups in total. The van der Waals surface area contributed by atoms with Crippen LogP contribution in [-0.4, -0.2) is 46.3 Å². The van der Waals surface area contributed by atoms with Crippen molar-refractivity contribution in [1.29, 1.82) is 0 Å². The van der Waals surface area contributed by atoms with E-state index in [1.54, 1.807) is 6.20 Å². The van der Waals surface area contributed by atoms with Crippen LogP contribution in [0.2, 0.25) is 0 Å². The zero-order valence-electron chi connectivity index (χ0n) is 13.3. The third kappa shape index (κ3) is 3.03. The van der Waals surface area contributed by atoms with Crippen LogP contribution in [-0.2, 0) is 0 Å². The minimum absolute atomic E-state index is 0.787. The predicted molar refractivity (Wildman–Crippen MR) is 93.9 cm³/mol. The standard InChI is InChI=1S/C18H18N6/c1-2-5-15(6-3-1)16-8-10-19-18(21-16)24-13-11-23(12-14-24)17-7-4-9-20-22-17/h1-10H,11-14H2. The van der Waals surface area contributed by atoms with E-state index >= 15 is 0 Å². The van der Waals surface area contributed by atoms with Crippen LogP contribution >= 0.6 is 0 Å². The fraction of sp³-hybridized carbons (Fsp3) is 0.222. The smallest absolute Gasteiger partial charge is 0.225 e. The van der Waals surface area contributed by atoms with E-state index in [9.17, 15) is 0 Å². The van der Waals surface area contributed by atoms with Crippen LogP contribution in [0, 0.1) is 0 Å². The normalized spacial score (nSPS) is 14.7. The van der Waals surface area contributed by atoms with Crippen molar-refractivity contribution in [3.8, 4) is 11.3 Å². The van der Waals surface area contributed by atoms with Crippen molar-refractivity contribution in [3.05, 3.63) is 60.9 Å². The summed E-state index contributed by atoms with van der Waals surface area (Å²) in [6.45, 7) is 3.51. The van der Waals surface area contributed by atoms with Gasteiger partial charge >= 0.3 is 0 Å². The lowest BCUT2D eigenvalue weighted by Crippen LogP contribution is -2.47. The number of hydrogen-bond donors (Lipinski definition) is 0. The Morgan fingerprint density at radius 1 is 0.750 bits per heavy atom. The largest absolute Gasteiger partial charge is 0.352 e. The van der Waals surface area contributed by atoms with Crippen LogP contribution in [0.4, 0.5) is 11.8 Å². The quantitative estimate of drug-likeness (QED) is 0.738. The molecule has 3 aromatic rings. The molecule has 0 unspecified atom stereocenters. The molecule has 0 aliphatic carbocycles. The SMILES string of the molecule is c1ccc(-c2ccnc(N3CCN(c4cccnn4)CC3)n2)cc1. The Bertz CT molecular complexity index is 785. The molecule has 1 aliphatic rings. The molecule has 0 atom stereocenters. The molecule has 4 rings (SSSR count). The van der Waals surface area contributed by atoms with Crippen LogP contribution < -0.4 is 9.80 Å². The third-order valence-corrected chi connectivity index (χ3v) is 4.16. The van der Waals surface area contributed by atoms with E-state index in [4.69, 9.17) is 4.98 Å². The molecule has 1 saturated heterocycles. The molecule has 24 heavy (non-hydrogen) atoms. The Labute approximate surface area is 140 Å². The summed E-state index contributed by atoms with van der Waals surface area (Å²) in [4.78, 5) is 13.6. The topological polar surface area (TPSA) is 58.0 Å². The van der Waals surface area contributed by atoms with Gasteiger partial charge in [0.1, 0.15) is 0 Å². The summed E-state index contributed by atoms with van der Waals surface area (Å²) >= 11 is 0. The van der Waals surface area contributed by atoms with Gasteiger partial charge in [-0.1, -0.05) is 30.3 Å². The molecule has 6 nitrogen and oxygen atoms in total. The molecule has 0 radical (unpaired) electrons. The number of hydrogen-bond acceptors (Lipinski definition) is 6. The fourth-order valence-electron chi connectivity index (χ4n) is 2.87. The highest BCUT2D eigenvalue weighted by atomic mass is 15.3. The zero-order chi connectivity index (χ0) is 16.2. The molecule has 1 fully saturated rings. The fourth-order valence-corrected chi connectivity index (χ4v) is 2.87. The molecule has 0 bridgehead atoms. The van der Waals surface area contributed by atoms with E-state index in [0.29, 0.717) is 0 Å². The lowest BCUT2D eigenvalue weighted by atomic mass is 10.1. The van der Waals surface area contributed by atoms with Gasteiger partial charge in [0.2, 0.25) is 5.95 Å². The number of piperazine rings is 1. The number of anilines is 2. The summed E-state index contributed by atoms with van der Waals surface area (Å²) in [5.74, 6) is 1.71. The van der Waals surface area contributed by atoms with Gasteiger partial charge in [0.25, 0.3) is 0 Å². The summed E-state index contributed by atoms with van der Waals surface area (Å²) in [7, 11) is 0. The molecule has 6 heteroatoms. The Hall–Kier alpha value is -3.02. The van der Waals surface area contributed by atoms with Gasteiger partial charge in [-0.05, 0) is 18.2 Å². The maximum absolute atomic E-state index is 4.73. The lowest BCUT2D eigenvalue weighted by Gasteiger charge is -2.35. The van der Waals surface area contributed by atoms with Crippen LogP contribution in [0.3, 0.4) is 0 Å². The van der Waals surface area contributed by atoms with Gasteiger partial charge in [-0.3, -0.25) is 0 Å². The van der Waals surface area contributed by atoms with E-state index in [-0.39, 0.29) is 0 Å². The van der Waals surface area contributed by atoms with Gasteiger partial charge < -0.3 is 9.80 Å². The molecule has 120 valence electrons. The number of nitrogens with zero attached hydrogens (tertiary/aromatic N) is 6. The first kappa shape index (κ1) is 14.6. The van der Waals surface area contributed by atoms with Crippen LogP contribution in [0.25, 0.3) is 11.3 Å². The number of rotatable bonds is 3. The van der Waals surface area contributed by atoms with Gasteiger partial charge in [0.15, 0.2) is 5.82 Å². The van der Waals surface area contributed by atoms with Crippen molar-refractivity contribution in [1.82, 2.24) is 20.2 Å². The highest BCUT2D eigenvalue weighted by Crippen LogP contribution is 2.20. The van der Waals surface area contributed by atoms with Gasteiger partial charge in [0, 0.05) is 44.1 Å². The van der Waals surface area contributed by atoms with Gasteiger partial charge in [-0.2, -0.15) is 5.10 Å². The van der Waals surface area contributed by atoms with Crippen LogP contribution in [0.15, 0.2) is 60.9 Å².